The summed E-state index contributed by atoms with van der Waals surface area (Å²) in [7, 11) is 1.37. The van der Waals surface area contributed by atoms with Gasteiger partial charge in [0.05, 0.1) is 18.9 Å². The van der Waals surface area contributed by atoms with Crippen LogP contribution in [0.25, 0.3) is 0 Å². The van der Waals surface area contributed by atoms with Crippen LogP contribution >= 0.6 is 11.6 Å². The van der Waals surface area contributed by atoms with E-state index >= 15 is 0 Å². The fraction of sp³-hybridized carbons (Fsp3) is 0.0968. The highest BCUT2D eigenvalue weighted by Gasteiger charge is 2.32. The van der Waals surface area contributed by atoms with Crippen LogP contribution in [0, 0.1) is 0 Å². The van der Waals surface area contributed by atoms with Crippen molar-refractivity contribution < 1.29 is 9.53 Å². The van der Waals surface area contributed by atoms with Crippen molar-refractivity contribution >= 4 is 23.3 Å². The Bertz CT molecular complexity index is 1280. The van der Waals surface area contributed by atoms with E-state index in [1.807, 2.05) is 115 Å². The Labute approximate surface area is 211 Å². The first-order valence-corrected chi connectivity index (χ1v) is 11.7. The molecule has 0 unspecified atom stereocenters. The van der Waals surface area contributed by atoms with Gasteiger partial charge in [0.1, 0.15) is 0 Å². The molecule has 0 aliphatic rings. The fourth-order valence-corrected chi connectivity index (χ4v) is 4.37. The third-order valence-corrected chi connectivity index (χ3v) is 6.09. The van der Waals surface area contributed by atoms with Gasteiger partial charge in [-0.3, -0.25) is 4.99 Å². The summed E-state index contributed by atoms with van der Waals surface area (Å²) in [5.41, 5.74) is 4.88. The van der Waals surface area contributed by atoms with Crippen molar-refractivity contribution in [3.63, 3.8) is 0 Å². The topological polar surface area (TPSA) is 38.7 Å². The number of aliphatic imine (C=N–C) groups is 1. The highest BCUT2D eigenvalue weighted by atomic mass is 35.5. The molecule has 0 bridgehead atoms. The van der Waals surface area contributed by atoms with Gasteiger partial charge in [0.2, 0.25) is 0 Å². The van der Waals surface area contributed by atoms with Gasteiger partial charge in [-0.05, 0) is 23.3 Å². The molecule has 0 fully saturated rings. The molecule has 0 aromatic heterocycles. The van der Waals surface area contributed by atoms with Gasteiger partial charge < -0.3 is 4.74 Å². The zero-order chi connectivity index (χ0) is 24.6. The Morgan fingerprint density at radius 2 is 1.29 bits per heavy atom. The monoisotopic (exact) mass is 479 g/mol. The second-order valence-electron chi connectivity index (χ2n) is 8.11. The second-order valence-corrected chi connectivity index (χ2v) is 8.55. The maximum absolute atomic E-state index is 12.8. The lowest BCUT2D eigenvalue weighted by molar-refractivity contribution is -0.136. The van der Waals surface area contributed by atoms with Gasteiger partial charge >= 0.3 is 5.97 Å². The number of hydrogen-bond acceptors (Lipinski definition) is 3. The first-order valence-electron chi connectivity index (χ1n) is 11.3. The Hall–Kier alpha value is -3.95. The van der Waals surface area contributed by atoms with Gasteiger partial charge in [0.25, 0.3) is 0 Å². The van der Waals surface area contributed by atoms with E-state index in [-0.39, 0.29) is 0 Å². The van der Waals surface area contributed by atoms with Crippen molar-refractivity contribution in [1.82, 2.24) is 0 Å². The molecule has 4 heteroatoms. The average molecular weight is 480 g/mol. The number of halogens is 1. The molecule has 4 aromatic carbocycles. The van der Waals surface area contributed by atoms with Crippen LogP contribution in [0.15, 0.2) is 132 Å². The van der Waals surface area contributed by atoms with E-state index in [4.69, 9.17) is 21.3 Å². The van der Waals surface area contributed by atoms with Gasteiger partial charge in [-0.2, -0.15) is 0 Å². The minimum atomic E-state index is -0.488. The Morgan fingerprint density at radius 1 is 0.771 bits per heavy atom. The van der Waals surface area contributed by atoms with E-state index in [0.717, 1.165) is 28.0 Å². The number of carbonyl (C=O) groups excluding carboxylic acids is 1. The van der Waals surface area contributed by atoms with Crippen LogP contribution in [-0.4, -0.2) is 18.8 Å². The standard InChI is InChI=1S/C31H26ClNO2/c1-22(31(34)35-2)28(23-13-6-3-7-14-23)30(26-19-12-20-27(32)21-26)33-29(24-15-8-4-9-16-24)25-17-10-5-11-18-25/h3-21,28,30H,1H2,2H3/t28-,30-/m0/s1. The molecule has 4 rings (SSSR count). The summed E-state index contributed by atoms with van der Waals surface area (Å²) in [6, 6.07) is 37.0. The SMILES string of the molecule is C=C(C(=O)OC)[C@@H](c1ccccc1)[C@@H](N=C(c1ccccc1)c1ccccc1)c1cccc(Cl)c1. The Balaban J connectivity index is 1.99. The first-order chi connectivity index (χ1) is 17.1. The van der Waals surface area contributed by atoms with Crippen LogP contribution in [0.3, 0.4) is 0 Å². The largest absolute Gasteiger partial charge is 0.466 e. The summed E-state index contributed by atoms with van der Waals surface area (Å²) >= 11 is 6.42. The maximum Gasteiger partial charge on any atom is 0.333 e. The molecule has 2 atom stereocenters. The van der Waals surface area contributed by atoms with E-state index < -0.39 is 17.9 Å². The van der Waals surface area contributed by atoms with Gasteiger partial charge in [0, 0.05) is 27.6 Å². The number of ether oxygens (including phenoxy) is 1. The molecule has 0 saturated heterocycles. The van der Waals surface area contributed by atoms with E-state index in [9.17, 15) is 4.79 Å². The number of hydrogen-bond donors (Lipinski definition) is 0. The molecule has 4 aromatic rings. The first kappa shape index (κ1) is 24.2. The molecular weight excluding hydrogens is 454 g/mol. The van der Waals surface area contributed by atoms with Gasteiger partial charge in [0.15, 0.2) is 0 Å². The minimum absolute atomic E-state index is 0.327. The predicted molar refractivity (Wildman–Crippen MR) is 143 cm³/mol. The van der Waals surface area contributed by atoms with Crippen molar-refractivity contribution in [2.75, 3.05) is 7.11 Å². The molecule has 3 nitrogen and oxygen atoms in total. The normalized spacial score (nSPS) is 12.3. The second kappa shape index (κ2) is 11.5. The molecule has 174 valence electrons. The summed E-state index contributed by atoms with van der Waals surface area (Å²) < 4.78 is 5.09. The van der Waals surface area contributed by atoms with Gasteiger partial charge in [-0.25, -0.2) is 4.79 Å². The predicted octanol–water partition coefficient (Wildman–Crippen LogP) is 7.43. The number of methoxy groups -OCH3 is 1. The van der Waals surface area contributed by atoms with Crippen molar-refractivity contribution in [3.05, 3.63) is 155 Å². The molecule has 35 heavy (non-hydrogen) atoms. The van der Waals surface area contributed by atoms with Crippen LogP contribution in [0.4, 0.5) is 0 Å². The highest BCUT2D eigenvalue weighted by Crippen LogP contribution is 2.41. The summed E-state index contributed by atoms with van der Waals surface area (Å²) in [4.78, 5) is 18.1. The molecule has 0 spiro atoms. The lowest BCUT2D eigenvalue weighted by Gasteiger charge is -2.27. The van der Waals surface area contributed by atoms with Crippen molar-refractivity contribution in [2.45, 2.75) is 12.0 Å². The third-order valence-electron chi connectivity index (χ3n) is 5.85. The van der Waals surface area contributed by atoms with Crippen LogP contribution in [-0.2, 0) is 9.53 Å². The van der Waals surface area contributed by atoms with Gasteiger partial charge in [-0.1, -0.05) is 121 Å². The van der Waals surface area contributed by atoms with Crippen molar-refractivity contribution in [1.29, 1.82) is 0 Å². The lowest BCUT2D eigenvalue weighted by Crippen LogP contribution is -2.20. The molecule has 0 aliphatic carbocycles. The number of nitrogens with zero attached hydrogens (tertiary/aromatic N) is 1. The molecule has 0 heterocycles. The summed E-state index contributed by atoms with van der Waals surface area (Å²) in [5.74, 6) is -0.938. The molecule has 0 radical (unpaired) electrons. The van der Waals surface area contributed by atoms with E-state index in [1.165, 1.54) is 7.11 Å². The summed E-state index contributed by atoms with van der Waals surface area (Å²) in [6.07, 6.45) is 0. The maximum atomic E-state index is 12.8. The Kier molecular flexibility index (Phi) is 7.92. The third kappa shape index (κ3) is 5.76. The van der Waals surface area contributed by atoms with E-state index in [2.05, 4.69) is 6.58 Å². The number of rotatable bonds is 8. The molecule has 0 amide bonds. The average Bonchev–Trinajstić information content (AvgIpc) is 2.91. The number of esters is 1. The van der Waals surface area contributed by atoms with Crippen LogP contribution in [0.2, 0.25) is 5.02 Å². The minimum Gasteiger partial charge on any atom is -0.466 e. The molecule has 0 N–H and O–H groups in total. The smallest absolute Gasteiger partial charge is 0.333 e. The Morgan fingerprint density at radius 3 is 1.80 bits per heavy atom. The number of benzene rings is 4. The van der Waals surface area contributed by atoms with Gasteiger partial charge in [-0.15, -0.1) is 0 Å². The molecule has 0 saturated carbocycles. The van der Waals surface area contributed by atoms with Crippen LogP contribution in [0.1, 0.15) is 34.2 Å². The van der Waals surface area contributed by atoms with E-state index in [1.54, 1.807) is 0 Å². The lowest BCUT2D eigenvalue weighted by atomic mass is 9.82. The fourth-order valence-electron chi connectivity index (χ4n) is 4.17. The zero-order valence-electron chi connectivity index (χ0n) is 19.5. The quantitative estimate of drug-likeness (QED) is 0.150. The van der Waals surface area contributed by atoms with Crippen molar-refractivity contribution in [3.8, 4) is 0 Å². The summed E-state index contributed by atoms with van der Waals surface area (Å²) in [5, 5.41) is 0.596. The zero-order valence-corrected chi connectivity index (χ0v) is 20.2. The van der Waals surface area contributed by atoms with Crippen molar-refractivity contribution in [2.24, 2.45) is 4.99 Å². The molecular formula is C31H26ClNO2. The van der Waals surface area contributed by atoms with Crippen LogP contribution < -0.4 is 0 Å². The van der Waals surface area contributed by atoms with E-state index in [0.29, 0.717) is 10.6 Å². The number of carbonyl (C=O) groups is 1. The highest BCUT2D eigenvalue weighted by molar-refractivity contribution is 6.30. The summed E-state index contributed by atoms with van der Waals surface area (Å²) in [6.45, 7) is 4.15. The molecule has 0 aliphatic heterocycles. The van der Waals surface area contributed by atoms with Crippen LogP contribution in [0.5, 0.6) is 0 Å².